The number of carbonyl (C=O) groups excluding carboxylic acids is 1. The highest BCUT2D eigenvalue weighted by Gasteiger charge is 2.12. The third-order valence-electron chi connectivity index (χ3n) is 2.65. The van der Waals surface area contributed by atoms with Crippen LogP contribution in [0.15, 0.2) is 30.5 Å². The van der Waals surface area contributed by atoms with Crippen molar-refractivity contribution >= 4 is 16.9 Å². The minimum atomic E-state index is -0.579. The van der Waals surface area contributed by atoms with Crippen molar-refractivity contribution in [2.75, 3.05) is 7.11 Å². The van der Waals surface area contributed by atoms with E-state index in [2.05, 4.69) is 4.98 Å². The van der Waals surface area contributed by atoms with Crippen LogP contribution in [-0.4, -0.2) is 23.2 Å². The van der Waals surface area contributed by atoms with E-state index in [1.807, 2.05) is 0 Å². The van der Waals surface area contributed by atoms with Crippen LogP contribution in [0.2, 0.25) is 0 Å². The molecular formula is C13H13NO3. The predicted octanol–water partition coefficient (Wildman–Crippen LogP) is 2.07. The summed E-state index contributed by atoms with van der Waals surface area (Å²) >= 11 is 0. The summed E-state index contributed by atoms with van der Waals surface area (Å²) in [5.74, 6) is -0.403. The van der Waals surface area contributed by atoms with Gasteiger partial charge in [-0.1, -0.05) is 6.07 Å². The molecular weight excluding hydrogens is 218 g/mol. The summed E-state index contributed by atoms with van der Waals surface area (Å²) in [7, 11) is 1.34. The molecule has 0 unspecified atom stereocenters. The number of hydrogen-bond donors (Lipinski definition) is 1. The van der Waals surface area contributed by atoms with Gasteiger partial charge in [-0.15, -0.1) is 0 Å². The largest absolute Gasteiger partial charge is 0.465 e. The van der Waals surface area contributed by atoms with E-state index >= 15 is 0 Å². The molecule has 1 N–H and O–H groups in total. The van der Waals surface area contributed by atoms with Crippen molar-refractivity contribution in [1.29, 1.82) is 0 Å². The van der Waals surface area contributed by atoms with Crippen molar-refractivity contribution in [3.05, 3.63) is 41.6 Å². The quantitative estimate of drug-likeness (QED) is 0.804. The van der Waals surface area contributed by atoms with E-state index in [0.717, 1.165) is 5.56 Å². The highest BCUT2D eigenvalue weighted by Crippen LogP contribution is 2.22. The first-order valence-corrected chi connectivity index (χ1v) is 5.28. The van der Waals surface area contributed by atoms with Gasteiger partial charge in [0, 0.05) is 11.6 Å². The van der Waals surface area contributed by atoms with Crippen molar-refractivity contribution in [2.24, 2.45) is 0 Å². The van der Waals surface area contributed by atoms with Crippen LogP contribution in [0.5, 0.6) is 0 Å². The second-order valence-corrected chi connectivity index (χ2v) is 3.80. The highest BCUT2D eigenvalue weighted by atomic mass is 16.5. The molecule has 2 rings (SSSR count). The Hall–Kier alpha value is -1.94. The van der Waals surface area contributed by atoms with Gasteiger partial charge in [0.25, 0.3) is 0 Å². The molecule has 1 aromatic carbocycles. The minimum absolute atomic E-state index is 0.403. The highest BCUT2D eigenvalue weighted by molar-refractivity contribution is 6.03. The standard InChI is InChI=1S/C13H13NO3/c1-8(15)9-3-4-12-11(7-9)10(5-6-14-12)13(16)17-2/h3-8,15H,1-2H3/t8-/m0/s1. The zero-order chi connectivity index (χ0) is 12.4. The van der Waals surface area contributed by atoms with Crippen molar-refractivity contribution in [2.45, 2.75) is 13.0 Å². The van der Waals surface area contributed by atoms with Gasteiger partial charge in [0.2, 0.25) is 0 Å². The molecule has 2 aromatic rings. The Morgan fingerprint density at radius 3 is 2.82 bits per heavy atom. The molecule has 0 radical (unpaired) electrons. The molecule has 0 bridgehead atoms. The van der Waals surface area contributed by atoms with E-state index in [1.54, 1.807) is 37.4 Å². The van der Waals surface area contributed by atoms with Gasteiger partial charge in [-0.25, -0.2) is 4.79 Å². The molecule has 0 amide bonds. The number of pyridine rings is 1. The van der Waals surface area contributed by atoms with E-state index < -0.39 is 12.1 Å². The first kappa shape index (κ1) is 11.5. The van der Waals surface area contributed by atoms with Crippen molar-refractivity contribution < 1.29 is 14.6 Å². The summed E-state index contributed by atoms with van der Waals surface area (Å²) in [5, 5.41) is 10.2. The summed E-state index contributed by atoms with van der Waals surface area (Å²) in [4.78, 5) is 15.8. The Bertz CT molecular complexity index is 564. The number of fused-ring (bicyclic) bond motifs is 1. The normalized spacial score (nSPS) is 12.4. The molecule has 1 heterocycles. The summed E-state index contributed by atoms with van der Waals surface area (Å²) in [5.41, 5.74) is 1.91. The van der Waals surface area contributed by atoms with Crippen LogP contribution >= 0.6 is 0 Å². The maximum absolute atomic E-state index is 11.6. The molecule has 1 atom stereocenters. The molecule has 4 nitrogen and oxygen atoms in total. The number of esters is 1. The van der Waals surface area contributed by atoms with Gasteiger partial charge < -0.3 is 9.84 Å². The van der Waals surface area contributed by atoms with E-state index in [1.165, 1.54) is 7.11 Å². The monoisotopic (exact) mass is 231 g/mol. The van der Waals surface area contributed by atoms with Crippen LogP contribution in [0.1, 0.15) is 28.9 Å². The van der Waals surface area contributed by atoms with Crippen LogP contribution in [0.3, 0.4) is 0 Å². The lowest BCUT2D eigenvalue weighted by atomic mass is 10.0. The Kier molecular flexibility index (Phi) is 3.06. The number of carbonyl (C=O) groups is 1. The molecule has 0 spiro atoms. The van der Waals surface area contributed by atoms with Gasteiger partial charge in [-0.2, -0.15) is 0 Å². The summed E-state index contributed by atoms with van der Waals surface area (Å²) < 4.78 is 4.72. The van der Waals surface area contributed by atoms with Gasteiger partial charge in [0.15, 0.2) is 0 Å². The molecule has 1 aromatic heterocycles. The summed E-state index contributed by atoms with van der Waals surface area (Å²) in [6, 6.07) is 6.95. The second-order valence-electron chi connectivity index (χ2n) is 3.80. The van der Waals surface area contributed by atoms with Gasteiger partial charge >= 0.3 is 5.97 Å². The maximum Gasteiger partial charge on any atom is 0.338 e. The van der Waals surface area contributed by atoms with Crippen molar-refractivity contribution in [1.82, 2.24) is 4.98 Å². The topological polar surface area (TPSA) is 59.4 Å². The number of aliphatic hydroxyl groups is 1. The number of ether oxygens (including phenoxy) is 1. The third-order valence-corrected chi connectivity index (χ3v) is 2.65. The zero-order valence-electron chi connectivity index (χ0n) is 9.68. The number of nitrogens with zero attached hydrogens (tertiary/aromatic N) is 1. The summed E-state index contributed by atoms with van der Waals surface area (Å²) in [6.45, 7) is 1.68. The molecule has 0 saturated heterocycles. The minimum Gasteiger partial charge on any atom is -0.465 e. The van der Waals surface area contributed by atoms with E-state index in [9.17, 15) is 9.90 Å². The average molecular weight is 231 g/mol. The fourth-order valence-corrected chi connectivity index (χ4v) is 1.71. The first-order valence-electron chi connectivity index (χ1n) is 5.28. The smallest absolute Gasteiger partial charge is 0.338 e. The van der Waals surface area contributed by atoms with Gasteiger partial charge in [0.1, 0.15) is 0 Å². The zero-order valence-corrected chi connectivity index (χ0v) is 9.68. The lowest BCUT2D eigenvalue weighted by molar-refractivity contribution is 0.0603. The number of rotatable bonds is 2. The first-order chi connectivity index (χ1) is 8.13. The molecule has 0 aliphatic carbocycles. The summed E-state index contributed by atoms with van der Waals surface area (Å²) in [6.07, 6.45) is 0.987. The van der Waals surface area contributed by atoms with Crippen LogP contribution in [-0.2, 0) is 4.74 Å². The molecule has 0 aliphatic rings. The number of aromatic nitrogens is 1. The molecule has 17 heavy (non-hydrogen) atoms. The van der Waals surface area contributed by atoms with Gasteiger partial charge in [-0.3, -0.25) is 4.98 Å². The van der Waals surface area contributed by atoms with Gasteiger partial charge in [-0.05, 0) is 30.7 Å². The SMILES string of the molecule is COC(=O)c1ccnc2ccc([C@H](C)O)cc12. The fraction of sp³-hybridized carbons (Fsp3) is 0.231. The average Bonchev–Trinajstić information content (AvgIpc) is 2.36. The molecule has 0 fully saturated rings. The van der Waals surface area contributed by atoms with E-state index in [4.69, 9.17) is 4.74 Å². The van der Waals surface area contributed by atoms with E-state index in [-0.39, 0.29) is 0 Å². The van der Waals surface area contributed by atoms with Crippen LogP contribution in [0.25, 0.3) is 10.9 Å². The second kappa shape index (κ2) is 4.51. The van der Waals surface area contributed by atoms with Crippen LogP contribution in [0, 0.1) is 0 Å². The fourth-order valence-electron chi connectivity index (χ4n) is 1.71. The maximum atomic E-state index is 11.6. The van der Waals surface area contributed by atoms with Crippen molar-refractivity contribution in [3.8, 4) is 0 Å². The molecule has 0 aliphatic heterocycles. The van der Waals surface area contributed by atoms with Crippen LogP contribution in [0.4, 0.5) is 0 Å². The molecule has 88 valence electrons. The number of hydrogen-bond acceptors (Lipinski definition) is 4. The molecule has 0 saturated carbocycles. The van der Waals surface area contributed by atoms with E-state index in [0.29, 0.717) is 16.5 Å². The number of methoxy groups -OCH3 is 1. The number of benzene rings is 1. The number of aliphatic hydroxyl groups excluding tert-OH is 1. The van der Waals surface area contributed by atoms with Gasteiger partial charge in [0.05, 0.1) is 24.3 Å². The Morgan fingerprint density at radius 2 is 2.18 bits per heavy atom. The Morgan fingerprint density at radius 1 is 1.41 bits per heavy atom. The lowest BCUT2D eigenvalue weighted by Gasteiger charge is -2.08. The molecule has 4 heteroatoms. The Labute approximate surface area is 98.9 Å². The Balaban J connectivity index is 2.68. The third kappa shape index (κ3) is 2.12. The van der Waals surface area contributed by atoms with Crippen LogP contribution < -0.4 is 0 Å². The predicted molar refractivity (Wildman–Crippen MR) is 63.7 cm³/mol. The van der Waals surface area contributed by atoms with Crippen molar-refractivity contribution in [3.63, 3.8) is 0 Å². The lowest BCUT2D eigenvalue weighted by Crippen LogP contribution is -2.03.